The van der Waals surface area contributed by atoms with Crippen molar-refractivity contribution in [3.8, 4) is 0 Å². The van der Waals surface area contributed by atoms with Gasteiger partial charge >= 0.3 is 0 Å². The predicted molar refractivity (Wildman–Crippen MR) is 45.5 cm³/mol. The van der Waals surface area contributed by atoms with Gasteiger partial charge in [-0.1, -0.05) is 12.1 Å². The Balaban J connectivity index is 2.18. The summed E-state index contributed by atoms with van der Waals surface area (Å²) in [4.78, 5) is 10.7. The van der Waals surface area contributed by atoms with Gasteiger partial charge in [-0.3, -0.25) is 4.79 Å². The molecule has 1 heterocycles. The van der Waals surface area contributed by atoms with E-state index in [1.165, 1.54) is 0 Å². The van der Waals surface area contributed by atoms with Crippen molar-refractivity contribution in [2.24, 2.45) is 11.7 Å². The molecule has 1 amide bonds. The number of aromatic amines is 1. The maximum absolute atomic E-state index is 10.7. The van der Waals surface area contributed by atoms with Crippen molar-refractivity contribution >= 4 is 5.91 Å². The van der Waals surface area contributed by atoms with E-state index in [0.29, 0.717) is 5.82 Å². The molecule has 0 aliphatic heterocycles. The summed E-state index contributed by atoms with van der Waals surface area (Å²) in [6.07, 6.45) is 2.35. The number of nitrogens with one attached hydrogen (secondary N) is 1. The summed E-state index contributed by atoms with van der Waals surface area (Å²) in [5.41, 5.74) is 5.11. The molecular weight excluding hydrogens is 170 g/mol. The molecule has 0 unspecified atom stereocenters. The Bertz CT molecular complexity index is 258. The SMILES string of the molecule is C[C@@H](CCCc1nn[nH]n1)C(N)=O. The molecule has 1 aromatic rings. The number of tetrazole rings is 1. The van der Waals surface area contributed by atoms with Gasteiger partial charge < -0.3 is 5.73 Å². The number of amides is 1. The van der Waals surface area contributed by atoms with E-state index in [9.17, 15) is 4.79 Å². The Kier molecular flexibility index (Phi) is 3.36. The van der Waals surface area contributed by atoms with Crippen molar-refractivity contribution in [2.75, 3.05) is 0 Å². The summed E-state index contributed by atoms with van der Waals surface area (Å²) >= 11 is 0. The molecule has 0 saturated heterocycles. The third-order valence-corrected chi connectivity index (χ3v) is 1.91. The van der Waals surface area contributed by atoms with Crippen molar-refractivity contribution in [3.63, 3.8) is 0 Å². The zero-order chi connectivity index (χ0) is 9.68. The quantitative estimate of drug-likeness (QED) is 0.651. The molecule has 13 heavy (non-hydrogen) atoms. The summed E-state index contributed by atoms with van der Waals surface area (Å²) in [6, 6.07) is 0. The fourth-order valence-electron chi connectivity index (χ4n) is 0.997. The molecule has 72 valence electrons. The highest BCUT2D eigenvalue weighted by molar-refractivity contribution is 5.76. The van der Waals surface area contributed by atoms with E-state index in [0.717, 1.165) is 19.3 Å². The minimum Gasteiger partial charge on any atom is -0.369 e. The molecule has 0 bridgehead atoms. The average Bonchev–Trinajstić information content (AvgIpc) is 2.56. The third kappa shape index (κ3) is 3.18. The van der Waals surface area contributed by atoms with Crippen LogP contribution in [0.4, 0.5) is 0 Å². The topological polar surface area (TPSA) is 97.6 Å². The molecule has 1 rings (SSSR count). The van der Waals surface area contributed by atoms with Gasteiger partial charge in [0.1, 0.15) is 0 Å². The number of hydrogen-bond donors (Lipinski definition) is 2. The van der Waals surface area contributed by atoms with Gasteiger partial charge in [-0.2, -0.15) is 5.21 Å². The maximum atomic E-state index is 10.7. The highest BCUT2D eigenvalue weighted by atomic mass is 16.1. The molecule has 1 atom stereocenters. The van der Waals surface area contributed by atoms with Crippen LogP contribution in [0.5, 0.6) is 0 Å². The molecule has 6 nitrogen and oxygen atoms in total. The number of rotatable bonds is 5. The van der Waals surface area contributed by atoms with Gasteiger partial charge in [-0.05, 0) is 12.8 Å². The molecule has 0 spiro atoms. The van der Waals surface area contributed by atoms with E-state index >= 15 is 0 Å². The summed E-state index contributed by atoms with van der Waals surface area (Å²) in [5.74, 6) is 0.344. The lowest BCUT2D eigenvalue weighted by molar-refractivity contribution is -0.121. The van der Waals surface area contributed by atoms with E-state index in [1.807, 2.05) is 6.92 Å². The largest absolute Gasteiger partial charge is 0.369 e. The molecular formula is C7H13N5O. The van der Waals surface area contributed by atoms with Crippen LogP contribution in [0.1, 0.15) is 25.6 Å². The monoisotopic (exact) mass is 183 g/mol. The summed E-state index contributed by atoms with van der Waals surface area (Å²) in [5, 5.41) is 13.4. The zero-order valence-corrected chi connectivity index (χ0v) is 7.53. The number of nitrogens with two attached hydrogens (primary N) is 1. The van der Waals surface area contributed by atoms with Crippen LogP contribution in [0.2, 0.25) is 0 Å². The van der Waals surface area contributed by atoms with Crippen LogP contribution in [0.3, 0.4) is 0 Å². The Labute approximate surface area is 75.9 Å². The lowest BCUT2D eigenvalue weighted by Crippen LogP contribution is -2.20. The highest BCUT2D eigenvalue weighted by Gasteiger charge is 2.08. The highest BCUT2D eigenvalue weighted by Crippen LogP contribution is 2.06. The summed E-state index contributed by atoms with van der Waals surface area (Å²) < 4.78 is 0. The molecule has 0 fully saturated rings. The fraction of sp³-hybridized carbons (Fsp3) is 0.714. The predicted octanol–water partition coefficient (Wildman–Crippen LogP) is -0.356. The molecule has 0 saturated carbocycles. The van der Waals surface area contributed by atoms with Crippen LogP contribution in [-0.4, -0.2) is 26.5 Å². The normalized spacial score (nSPS) is 12.7. The van der Waals surface area contributed by atoms with Crippen molar-refractivity contribution in [1.82, 2.24) is 20.6 Å². The standard InChI is InChI=1S/C7H13N5O/c1-5(7(8)13)3-2-4-6-9-11-12-10-6/h5H,2-4H2,1H3,(H2,8,13)(H,9,10,11,12)/t5-/m0/s1. The second-order valence-electron chi connectivity index (χ2n) is 3.02. The molecule has 0 aliphatic carbocycles. The van der Waals surface area contributed by atoms with Gasteiger partial charge in [0.25, 0.3) is 0 Å². The minimum absolute atomic E-state index is 0.0769. The molecule has 0 aliphatic rings. The van der Waals surface area contributed by atoms with E-state index < -0.39 is 0 Å². The first-order chi connectivity index (χ1) is 6.20. The van der Waals surface area contributed by atoms with Crippen LogP contribution in [0.15, 0.2) is 0 Å². The molecule has 6 heteroatoms. The van der Waals surface area contributed by atoms with Gasteiger partial charge in [0, 0.05) is 12.3 Å². The summed E-state index contributed by atoms with van der Waals surface area (Å²) in [6.45, 7) is 1.82. The minimum atomic E-state index is -0.256. The van der Waals surface area contributed by atoms with Crippen molar-refractivity contribution in [1.29, 1.82) is 0 Å². The van der Waals surface area contributed by atoms with Gasteiger partial charge in [-0.15, -0.1) is 10.2 Å². The number of hydrogen-bond acceptors (Lipinski definition) is 4. The fourth-order valence-corrected chi connectivity index (χ4v) is 0.997. The molecule has 0 aromatic carbocycles. The maximum Gasteiger partial charge on any atom is 0.220 e. The van der Waals surface area contributed by atoms with Crippen LogP contribution < -0.4 is 5.73 Å². The number of primary amides is 1. The van der Waals surface area contributed by atoms with Crippen LogP contribution in [0.25, 0.3) is 0 Å². The van der Waals surface area contributed by atoms with Gasteiger partial charge in [0.2, 0.25) is 5.91 Å². The van der Waals surface area contributed by atoms with Gasteiger partial charge in [0.05, 0.1) is 0 Å². The first-order valence-corrected chi connectivity index (χ1v) is 4.22. The van der Waals surface area contributed by atoms with Crippen molar-refractivity contribution < 1.29 is 4.79 Å². The van der Waals surface area contributed by atoms with Gasteiger partial charge in [-0.25, -0.2) is 0 Å². The van der Waals surface area contributed by atoms with Crippen LogP contribution >= 0.6 is 0 Å². The van der Waals surface area contributed by atoms with E-state index in [-0.39, 0.29) is 11.8 Å². The smallest absolute Gasteiger partial charge is 0.220 e. The molecule has 1 aromatic heterocycles. The number of aromatic nitrogens is 4. The van der Waals surface area contributed by atoms with E-state index in [2.05, 4.69) is 20.6 Å². The Morgan fingerprint density at radius 2 is 2.46 bits per heavy atom. The second kappa shape index (κ2) is 4.54. The number of carbonyl (C=O) groups excluding carboxylic acids is 1. The van der Waals surface area contributed by atoms with Gasteiger partial charge in [0.15, 0.2) is 5.82 Å². The van der Waals surface area contributed by atoms with Crippen LogP contribution in [0, 0.1) is 5.92 Å². The number of H-pyrrole nitrogens is 1. The zero-order valence-electron chi connectivity index (χ0n) is 7.53. The Hall–Kier alpha value is -1.46. The number of nitrogens with zero attached hydrogens (tertiary/aromatic N) is 3. The van der Waals surface area contributed by atoms with E-state index in [4.69, 9.17) is 5.73 Å². The Morgan fingerprint density at radius 3 is 3.00 bits per heavy atom. The molecule has 3 N–H and O–H groups in total. The van der Waals surface area contributed by atoms with E-state index in [1.54, 1.807) is 0 Å². The lowest BCUT2D eigenvalue weighted by Gasteiger charge is -2.04. The van der Waals surface area contributed by atoms with Crippen molar-refractivity contribution in [2.45, 2.75) is 26.2 Å². The lowest BCUT2D eigenvalue weighted by atomic mass is 10.0. The third-order valence-electron chi connectivity index (χ3n) is 1.91. The first-order valence-electron chi connectivity index (χ1n) is 4.22. The van der Waals surface area contributed by atoms with Crippen molar-refractivity contribution in [3.05, 3.63) is 5.82 Å². The summed E-state index contributed by atoms with van der Waals surface area (Å²) in [7, 11) is 0. The molecule has 0 radical (unpaired) electrons. The number of carbonyl (C=O) groups is 1. The van der Waals surface area contributed by atoms with Crippen LogP contribution in [-0.2, 0) is 11.2 Å². The first kappa shape index (κ1) is 9.63. The average molecular weight is 183 g/mol. The Morgan fingerprint density at radius 1 is 1.69 bits per heavy atom. The second-order valence-corrected chi connectivity index (χ2v) is 3.02. The number of aryl methyl sites for hydroxylation is 1.